The molecule has 1 N–H and O–H groups in total. The first kappa shape index (κ1) is 25.4. The Morgan fingerprint density at radius 1 is 0.852 bits per heavy atom. The number of carbonyl (C=O) groups excluding carboxylic acids is 3. The molecule has 0 radical (unpaired) electrons. The van der Waals surface area contributed by atoms with Crippen molar-refractivity contribution in [1.29, 1.82) is 0 Å². The van der Waals surface area contributed by atoms with Gasteiger partial charge in [-0.3, -0.25) is 14.4 Å². The normalized spacial score (nSPS) is 14.1. The second kappa shape index (κ2) is 15.5. The fourth-order valence-corrected chi connectivity index (χ4v) is 2.79. The highest BCUT2D eigenvalue weighted by Gasteiger charge is 2.23. The van der Waals surface area contributed by atoms with E-state index < -0.39 is 6.10 Å². The minimum Gasteiger partial charge on any atom is -0.464 e. The molecule has 0 unspecified atom stereocenters. The van der Waals surface area contributed by atoms with Crippen LogP contribution in [0.25, 0.3) is 0 Å². The third-order valence-electron chi connectivity index (χ3n) is 4.77. The Kier molecular flexibility index (Phi) is 14.6. The van der Waals surface area contributed by atoms with Crippen LogP contribution in [0.4, 0.5) is 0 Å². The third-order valence-corrected chi connectivity index (χ3v) is 4.77. The van der Waals surface area contributed by atoms with E-state index in [1.54, 1.807) is 6.92 Å². The monoisotopic (exact) mass is 385 g/mol. The van der Waals surface area contributed by atoms with E-state index in [2.05, 4.69) is 19.2 Å². The Bertz CT molecular complexity index is 438. The Labute approximate surface area is 164 Å². The highest BCUT2D eigenvalue weighted by Crippen LogP contribution is 2.16. The summed E-state index contributed by atoms with van der Waals surface area (Å²) in [6.07, 6.45) is 6.28. The van der Waals surface area contributed by atoms with Gasteiger partial charge < -0.3 is 14.8 Å². The average molecular weight is 386 g/mol. The quantitative estimate of drug-likeness (QED) is 0.340. The van der Waals surface area contributed by atoms with Crippen LogP contribution in [0.5, 0.6) is 0 Å². The van der Waals surface area contributed by atoms with Crippen LogP contribution in [0.15, 0.2) is 0 Å². The Balaban J connectivity index is 4.16. The number of amides is 1. The fraction of sp³-hybridized carbons (Fsp3) is 0.857. The van der Waals surface area contributed by atoms with Gasteiger partial charge in [0, 0.05) is 0 Å². The molecule has 0 spiro atoms. The molecule has 0 bridgehead atoms. The smallest absolute Gasteiger partial charge is 0.309 e. The van der Waals surface area contributed by atoms with E-state index in [1.165, 1.54) is 0 Å². The number of carbonyl (C=O) groups is 3. The standard InChI is InChI=1S/C21H39NO5/c1-6-10-12-17(8-3)20(24)26-15-14-22-19(23)16(5)27-21(25)18(9-4)13-11-7-2/h16-18H,6-15H2,1-5H3,(H,22,23)/t16-,17-,18-/m0/s1. The van der Waals surface area contributed by atoms with E-state index >= 15 is 0 Å². The summed E-state index contributed by atoms with van der Waals surface area (Å²) in [5, 5.41) is 2.65. The number of hydrogen-bond acceptors (Lipinski definition) is 5. The van der Waals surface area contributed by atoms with E-state index in [-0.39, 0.29) is 42.8 Å². The van der Waals surface area contributed by atoms with Gasteiger partial charge in [0.25, 0.3) is 5.91 Å². The average Bonchev–Trinajstić information content (AvgIpc) is 2.66. The van der Waals surface area contributed by atoms with Gasteiger partial charge in [0.1, 0.15) is 6.61 Å². The number of ether oxygens (including phenoxy) is 2. The van der Waals surface area contributed by atoms with Crippen molar-refractivity contribution in [2.45, 2.75) is 92.1 Å². The first-order valence-electron chi connectivity index (χ1n) is 10.6. The Morgan fingerprint density at radius 2 is 1.37 bits per heavy atom. The molecule has 0 aliphatic heterocycles. The van der Waals surface area contributed by atoms with Crippen LogP contribution in [0.1, 0.15) is 86.0 Å². The van der Waals surface area contributed by atoms with Crippen molar-refractivity contribution in [1.82, 2.24) is 5.32 Å². The molecular weight excluding hydrogens is 346 g/mol. The van der Waals surface area contributed by atoms with Gasteiger partial charge >= 0.3 is 11.9 Å². The van der Waals surface area contributed by atoms with E-state index in [9.17, 15) is 14.4 Å². The van der Waals surface area contributed by atoms with Crippen molar-refractivity contribution in [2.24, 2.45) is 11.8 Å². The second-order valence-electron chi connectivity index (χ2n) is 7.03. The Morgan fingerprint density at radius 3 is 1.85 bits per heavy atom. The minimum absolute atomic E-state index is 0.0744. The molecule has 1 amide bonds. The molecule has 0 fully saturated rings. The highest BCUT2D eigenvalue weighted by molar-refractivity contribution is 5.83. The lowest BCUT2D eigenvalue weighted by molar-refractivity contribution is -0.159. The van der Waals surface area contributed by atoms with Crippen LogP contribution in [0.2, 0.25) is 0 Å². The lowest BCUT2D eigenvalue weighted by Crippen LogP contribution is -2.39. The minimum atomic E-state index is -0.850. The third kappa shape index (κ3) is 11.0. The lowest BCUT2D eigenvalue weighted by atomic mass is 10.00. The molecule has 0 aromatic rings. The first-order chi connectivity index (χ1) is 12.9. The zero-order valence-corrected chi connectivity index (χ0v) is 17.8. The highest BCUT2D eigenvalue weighted by atomic mass is 16.5. The van der Waals surface area contributed by atoms with Crippen LogP contribution in [-0.2, 0) is 23.9 Å². The van der Waals surface area contributed by atoms with Crippen molar-refractivity contribution in [3.8, 4) is 0 Å². The van der Waals surface area contributed by atoms with Crippen LogP contribution < -0.4 is 5.32 Å². The molecule has 0 aromatic carbocycles. The van der Waals surface area contributed by atoms with Gasteiger partial charge in [0.05, 0.1) is 18.4 Å². The zero-order chi connectivity index (χ0) is 20.7. The van der Waals surface area contributed by atoms with Crippen molar-refractivity contribution in [3.63, 3.8) is 0 Å². The largest absolute Gasteiger partial charge is 0.464 e. The summed E-state index contributed by atoms with van der Waals surface area (Å²) in [4.78, 5) is 36.2. The molecule has 0 saturated carbocycles. The molecule has 0 aliphatic rings. The van der Waals surface area contributed by atoms with Crippen LogP contribution in [0, 0.1) is 11.8 Å². The molecule has 3 atom stereocenters. The van der Waals surface area contributed by atoms with Gasteiger partial charge in [-0.2, -0.15) is 0 Å². The lowest BCUT2D eigenvalue weighted by Gasteiger charge is -2.18. The predicted molar refractivity (Wildman–Crippen MR) is 106 cm³/mol. The van der Waals surface area contributed by atoms with Crippen LogP contribution in [0.3, 0.4) is 0 Å². The zero-order valence-electron chi connectivity index (χ0n) is 17.8. The van der Waals surface area contributed by atoms with E-state index in [4.69, 9.17) is 9.47 Å². The van der Waals surface area contributed by atoms with Gasteiger partial charge in [-0.15, -0.1) is 0 Å². The molecular formula is C21H39NO5. The maximum Gasteiger partial charge on any atom is 0.309 e. The summed E-state index contributed by atoms with van der Waals surface area (Å²) in [5.74, 6) is -1.13. The second-order valence-corrected chi connectivity index (χ2v) is 7.03. The molecule has 6 heteroatoms. The molecule has 0 saturated heterocycles. The van der Waals surface area contributed by atoms with Gasteiger partial charge in [-0.1, -0.05) is 53.4 Å². The van der Waals surface area contributed by atoms with Gasteiger partial charge in [-0.05, 0) is 32.6 Å². The summed E-state index contributed by atoms with van der Waals surface area (Å²) >= 11 is 0. The fourth-order valence-electron chi connectivity index (χ4n) is 2.79. The molecule has 158 valence electrons. The maximum absolute atomic E-state index is 12.1. The van der Waals surface area contributed by atoms with E-state index in [0.717, 1.165) is 44.9 Å². The predicted octanol–water partition coefficient (Wildman–Crippen LogP) is 4.01. The Hall–Kier alpha value is -1.59. The summed E-state index contributed by atoms with van der Waals surface area (Å²) in [6, 6.07) is 0. The number of unbranched alkanes of at least 4 members (excludes halogenated alkanes) is 2. The van der Waals surface area contributed by atoms with Crippen molar-refractivity contribution in [2.75, 3.05) is 13.2 Å². The summed E-state index contributed by atoms with van der Waals surface area (Å²) in [5.41, 5.74) is 0. The first-order valence-corrected chi connectivity index (χ1v) is 10.6. The molecule has 27 heavy (non-hydrogen) atoms. The number of hydrogen-bond donors (Lipinski definition) is 1. The molecule has 0 aliphatic carbocycles. The number of nitrogens with one attached hydrogen (secondary N) is 1. The summed E-state index contributed by atoms with van der Waals surface area (Å²) in [6.45, 7) is 9.99. The van der Waals surface area contributed by atoms with Crippen LogP contribution >= 0.6 is 0 Å². The van der Waals surface area contributed by atoms with Crippen LogP contribution in [-0.4, -0.2) is 37.1 Å². The van der Waals surface area contributed by atoms with E-state index in [0.29, 0.717) is 6.42 Å². The summed E-state index contributed by atoms with van der Waals surface area (Å²) in [7, 11) is 0. The molecule has 6 nitrogen and oxygen atoms in total. The van der Waals surface area contributed by atoms with Crippen molar-refractivity contribution in [3.05, 3.63) is 0 Å². The van der Waals surface area contributed by atoms with Gasteiger partial charge in [0.15, 0.2) is 6.10 Å². The SMILES string of the molecule is CCCC[C@H](CC)C(=O)OCCNC(=O)[C@H](C)OC(=O)[C@@H](CC)CCCC. The van der Waals surface area contributed by atoms with Crippen molar-refractivity contribution < 1.29 is 23.9 Å². The van der Waals surface area contributed by atoms with Crippen molar-refractivity contribution >= 4 is 17.8 Å². The molecule has 0 heterocycles. The molecule has 0 aromatic heterocycles. The number of esters is 2. The number of rotatable bonds is 15. The van der Waals surface area contributed by atoms with Gasteiger partial charge in [0.2, 0.25) is 0 Å². The molecule has 0 rings (SSSR count). The summed E-state index contributed by atoms with van der Waals surface area (Å²) < 4.78 is 10.5. The van der Waals surface area contributed by atoms with Gasteiger partial charge in [-0.25, -0.2) is 0 Å². The maximum atomic E-state index is 12.1. The van der Waals surface area contributed by atoms with E-state index in [1.807, 2.05) is 13.8 Å². The topological polar surface area (TPSA) is 81.7 Å².